The average Bonchev–Trinajstić information content (AvgIpc) is 3.38. The van der Waals surface area contributed by atoms with E-state index in [1.807, 2.05) is 0 Å². The molecule has 4 rings (SSSR count). The SMILES string of the molecule is O=C(O)c1sc(N(Cc2cccs2)C2CC2)nc1C1CC1. The maximum Gasteiger partial charge on any atom is 0.347 e. The number of hydrogen-bond donors (Lipinski definition) is 1. The van der Waals surface area contributed by atoms with Crippen molar-refractivity contribution in [1.29, 1.82) is 0 Å². The summed E-state index contributed by atoms with van der Waals surface area (Å²) in [6, 6.07) is 4.73. The molecule has 0 atom stereocenters. The van der Waals surface area contributed by atoms with Crippen LogP contribution in [0.1, 0.15) is 51.8 Å². The van der Waals surface area contributed by atoms with Gasteiger partial charge in [0.05, 0.1) is 12.2 Å². The number of carboxylic acid groups (broad SMARTS) is 1. The maximum absolute atomic E-state index is 11.4. The van der Waals surface area contributed by atoms with E-state index in [9.17, 15) is 9.90 Å². The molecule has 0 spiro atoms. The van der Waals surface area contributed by atoms with Gasteiger partial charge in [0.1, 0.15) is 4.88 Å². The van der Waals surface area contributed by atoms with Crippen molar-refractivity contribution in [2.45, 2.75) is 44.2 Å². The van der Waals surface area contributed by atoms with Gasteiger partial charge in [-0.25, -0.2) is 9.78 Å². The lowest BCUT2D eigenvalue weighted by Crippen LogP contribution is -2.24. The lowest BCUT2D eigenvalue weighted by molar-refractivity contribution is 0.0700. The van der Waals surface area contributed by atoms with E-state index in [1.165, 1.54) is 29.1 Å². The Morgan fingerprint density at radius 2 is 2.19 bits per heavy atom. The normalized spacial score (nSPS) is 17.9. The van der Waals surface area contributed by atoms with Gasteiger partial charge in [-0.15, -0.1) is 11.3 Å². The van der Waals surface area contributed by atoms with E-state index in [4.69, 9.17) is 4.98 Å². The Morgan fingerprint density at radius 1 is 1.38 bits per heavy atom. The summed E-state index contributed by atoms with van der Waals surface area (Å²) in [6.07, 6.45) is 4.54. The van der Waals surface area contributed by atoms with Crippen LogP contribution in [0, 0.1) is 0 Å². The number of hydrogen-bond acceptors (Lipinski definition) is 5. The Balaban J connectivity index is 1.66. The molecule has 21 heavy (non-hydrogen) atoms. The Bertz CT molecular complexity index is 657. The van der Waals surface area contributed by atoms with Crippen molar-refractivity contribution in [2.75, 3.05) is 4.90 Å². The lowest BCUT2D eigenvalue weighted by atomic mass is 10.2. The molecule has 1 N–H and O–H groups in total. The summed E-state index contributed by atoms with van der Waals surface area (Å²) in [6.45, 7) is 0.846. The summed E-state index contributed by atoms with van der Waals surface area (Å²) in [5, 5.41) is 12.4. The smallest absolute Gasteiger partial charge is 0.347 e. The first-order chi connectivity index (χ1) is 10.2. The second-order valence-corrected chi connectivity index (χ2v) is 7.74. The van der Waals surface area contributed by atoms with Gasteiger partial charge in [-0.05, 0) is 37.1 Å². The van der Waals surface area contributed by atoms with Crippen molar-refractivity contribution >= 4 is 33.8 Å². The van der Waals surface area contributed by atoms with E-state index >= 15 is 0 Å². The molecule has 2 aliphatic carbocycles. The third-order valence-corrected chi connectivity index (χ3v) is 5.90. The maximum atomic E-state index is 11.4. The summed E-state index contributed by atoms with van der Waals surface area (Å²) in [4.78, 5) is 20.2. The van der Waals surface area contributed by atoms with Gasteiger partial charge in [0.2, 0.25) is 0 Å². The van der Waals surface area contributed by atoms with Crippen LogP contribution in [0.4, 0.5) is 5.13 Å². The number of rotatable bonds is 6. The minimum atomic E-state index is -0.826. The van der Waals surface area contributed by atoms with Crippen LogP contribution in [-0.4, -0.2) is 22.1 Å². The van der Waals surface area contributed by atoms with E-state index in [1.54, 1.807) is 11.3 Å². The lowest BCUT2D eigenvalue weighted by Gasteiger charge is -2.20. The highest BCUT2D eigenvalue weighted by Gasteiger charge is 2.36. The Morgan fingerprint density at radius 3 is 2.76 bits per heavy atom. The molecule has 2 aromatic rings. The van der Waals surface area contributed by atoms with Gasteiger partial charge < -0.3 is 10.0 Å². The van der Waals surface area contributed by atoms with Crippen LogP contribution in [-0.2, 0) is 6.54 Å². The monoisotopic (exact) mass is 320 g/mol. The zero-order valence-corrected chi connectivity index (χ0v) is 13.1. The van der Waals surface area contributed by atoms with Gasteiger partial charge in [-0.3, -0.25) is 0 Å². The van der Waals surface area contributed by atoms with Gasteiger partial charge in [0.15, 0.2) is 5.13 Å². The number of aromatic carboxylic acids is 1. The number of nitrogens with zero attached hydrogens (tertiary/aromatic N) is 2. The first-order valence-corrected chi connectivity index (χ1v) is 8.95. The zero-order chi connectivity index (χ0) is 14.4. The third kappa shape index (κ3) is 2.70. The minimum absolute atomic E-state index is 0.379. The van der Waals surface area contributed by atoms with Gasteiger partial charge in [0, 0.05) is 16.8 Å². The number of carbonyl (C=O) groups is 1. The van der Waals surface area contributed by atoms with Crippen molar-refractivity contribution in [2.24, 2.45) is 0 Å². The third-order valence-electron chi connectivity index (χ3n) is 3.94. The van der Waals surface area contributed by atoms with E-state index in [-0.39, 0.29) is 0 Å². The van der Waals surface area contributed by atoms with Crippen LogP contribution in [0.5, 0.6) is 0 Å². The number of aromatic nitrogens is 1. The number of thiophene rings is 1. The minimum Gasteiger partial charge on any atom is -0.477 e. The summed E-state index contributed by atoms with van der Waals surface area (Å²) < 4.78 is 0. The molecule has 2 aromatic heterocycles. The summed E-state index contributed by atoms with van der Waals surface area (Å²) >= 11 is 3.10. The molecule has 6 heteroatoms. The van der Waals surface area contributed by atoms with Crippen LogP contribution < -0.4 is 4.90 Å². The Labute approximate surface area is 131 Å². The fourth-order valence-electron chi connectivity index (χ4n) is 2.54. The molecule has 0 bridgehead atoms. The van der Waals surface area contributed by atoms with Gasteiger partial charge in [-0.2, -0.15) is 0 Å². The highest BCUT2D eigenvalue weighted by molar-refractivity contribution is 7.17. The second kappa shape index (κ2) is 5.10. The molecule has 2 heterocycles. The van der Waals surface area contributed by atoms with Crippen LogP contribution in [0.25, 0.3) is 0 Å². The molecule has 0 radical (unpaired) electrons. The predicted molar refractivity (Wildman–Crippen MR) is 84.6 cm³/mol. The summed E-state index contributed by atoms with van der Waals surface area (Å²) in [7, 11) is 0. The van der Waals surface area contributed by atoms with Crippen molar-refractivity contribution in [3.63, 3.8) is 0 Å². The molecule has 4 nitrogen and oxygen atoms in total. The van der Waals surface area contributed by atoms with Crippen LogP contribution in [0.2, 0.25) is 0 Å². The second-order valence-electron chi connectivity index (χ2n) is 5.73. The molecule has 0 saturated heterocycles. The van der Waals surface area contributed by atoms with Crippen LogP contribution in [0.3, 0.4) is 0 Å². The highest BCUT2D eigenvalue weighted by Crippen LogP contribution is 2.45. The first-order valence-electron chi connectivity index (χ1n) is 7.25. The number of thiazole rings is 1. The summed E-state index contributed by atoms with van der Waals surface area (Å²) in [5.41, 5.74) is 0.819. The molecule has 110 valence electrons. The first kappa shape index (κ1) is 13.3. The standard InChI is InChI=1S/C15H16N2O2S2/c18-14(19)13-12(9-3-4-9)16-15(21-13)17(10-5-6-10)8-11-2-1-7-20-11/h1-2,7,9-10H,3-6,8H2,(H,18,19). The van der Waals surface area contributed by atoms with Crippen LogP contribution in [0.15, 0.2) is 17.5 Å². The van der Waals surface area contributed by atoms with Gasteiger partial charge >= 0.3 is 5.97 Å². The van der Waals surface area contributed by atoms with Crippen molar-refractivity contribution in [3.8, 4) is 0 Å². The molecule has 2 fully saturated rings. The van der Waals surface area contributed by atoms with Gasteiger partial charge in [0.25, 0.3) is 0 Å². The molecule has 0 aromatic carbocycles. The fourth-order valence-corrected chi connectivity index (χ4v) is 4.30. The quantitative estimate of drug-likeness (QED) is 0.875. The van der Waals surface area contributed by atoms with Crippen molar-refractivity contribution in [3.05, 3.63) is 33.0 Å². The fraction of sp³-hybridized carbons (Fsp3) is 0.467. The molecule has 2 saturated carbocycles. The van der Waals surface area contributed by atoms with E-state index in [0.717, 1.165) is 30.2 Å². The molecule has 2 aliphatic rings. The van der Waals surface area contributed by atoms with Crippen molar-refractivity contribution in [1.82, 2.24) is 4.98 Å². The van der Waals surface area contributed by atoms with Crippen molar-refractivity contribution < 1.29 is 9.90 Å². The predicted octanol–water partition coefficient (Wildman–Crippen LogP) is 3.95. The largest absolute Gasteiger partial charge is 0.477 e. The number of anilines is 1. The Hall–Kier alpha value is -1.40. The molecular weight excluding hydrogens is 304 g/mol. The molecule has 0 unspecified atom stereocenters. The average molecular weight is 320 g/mol. The summed E-state index contributed by atoms with van der Waals surface area (Å²) in [5.74, 6) is -0.448. The Kier molecular flexibility index (Phi) is 3.23. The molecular formula is C15H16N2O2S2. The number of carboxylic acids is 1. The zero-order valence-electron chi connectivity index (χ0n) is 11.5. The van der Waals surface area contributed by atoms with E-state index in [2.05, 4.69) is 22.4 Å². The van der Waals surface area contributed by atoms with E-state index < -0.39 is 5.97 Å². The topological polar surface area (TPSA) is 53.4 Å². The molecule has 0 amide bonds. The highest BCUT2D eigenvalue weighted by atomic mass is 32.1. The van der Waals surface area contributed by atoms with Crippen LogP contribution >= 0.6 is 22.7 Å². The van der Waals surface area contributed by atoms with E-state index in [0.29, 0.717) is 16.8 Å². The van der Waals surface area contributed by atoms with Gasteiger partial charge in [-0.1, -0.05) is 17.4 Å². The molecule has 0 aliphatic heterocycles.